The van der Waals surface area contributed by atoms with E-state index in [-0.39, 0.29) is 4.90 Å². The molecule has 2 aromatic rings. The number of nitrogens with one attached hydrogen (secondary N) is 1. The molecule has 2 aromatic carbocycles. The quantitative estimate of drug-likeness (QED) is 0.816. The van der Waals surface area contributed by atoms with Crippen LogP contribution in [0.25, 0.3) is 0 Å². The van der Waals surface area contributed by atoms with E-state index in [1.165, 1.54) is 12.8 Å². The molecule has 0 aliphatic carbocycles. The topological polar surface area (TPSA) is 49.4 Å². The first-order valence-electron chi connectivity index (χ1n) is 9.33. The molecular formula is C21H28N2O2S. The van der Waals surface area contributed by atoms with Crippen LogP contribution in [0, 0.1) is 5.92 Å². The number of benzene rings is 2. The van der Waals surface area contributed by atoms with Gasteiger partial charge in [0.1, 0.15) is 0 Å². The fourth-order valence-corrected chi connectivity index (χ4v) is 4.31. The van der Waals surface area contributed by atoms with Crippen molar-refractivity contribution in [2.75, 3.05) is 22.7 Å². The molecule has 1 aliphatic heterocycles. The molecule has 0 amide bonds. The number of sulfonamides is 1. The van der Waals surface area contributed by atoms with Gasteiger partial charge in [0.25, 0.3) is 10.0 Å². The van der Waals surface area contributed by atoms with E-state index in [0.717, 1.165) is 30.3 Å². The Labute approximate surface area is 157 Å². The first-order chi connectivity index (χ1) is 12.3. The van der Waals surface area contributed by atoms with Gasteiger partial charge in [0.15, 0.2) is 0 Å². The van der Waals surface area contributed by atoms with E-state index >= 15 is 0 Å². The maximum atomic E-state index is 12.6. The zero-order valence-corrected chi connectivity index (χ0v) is 16.6. The second kappa shape index (κ2) is 7.70. The minimum Gasteiger partial charge on any atom is -0.372 e. The Kier molecular flexibility index (Phi) is 5.56. The predicted molar refractivity (Wildman–Crippen MR) is 108 cm³/mol. The fraction of sp³-hybridized carbons (Fsp3) is 0.429. The molecule has 0 saturated carbocycles. The standard InChI is InChI=1S/C21H28N2O2S/c1-16(2)18-4-10-21(11-5-18)26(24,25)22-19-6-8-20(9-7-19)23-14-12-17(3)13-15-23/h4-11,16-17,22H,12-15H2,1-3H3. The fourth-order valence-electron chi connectivity index (χ4n) is 3.25. The van der Waals surface area contributed by atoms with Gasteiger partial charge >= 0.3 is 0 Å². The summed E-state index contributed by atoms with van der Waals surface area (Å²) in [6.07, 6.45) is 2.42. The highest BCUT2D eigenvalue weighted by atomic mass is 32.2. The molecule has 1 heterocycles. The summed E-state index contributed by atoms with van der Waals surface area (Å²) in [4.78, 5) is 2.65. The summed E-state index contributed by atoms with van der Waals surface area (Å²) in [7, 11) is -3.56. The molecule has 140 valence electrons. The normalized spacial score (nSPS) is 16.1. The van der Waals surface area contributed by atoms with Crippen molar-refractivity contribution in [2.24, 2.45) is 5.92 Å². The monoisotopic (exact) mass is 372 g/mol. The Balaban J connectivity index is 1.69. The van der Waals surface area contributed by atoms with Crippen molar-refractivity contribution in [1.29, 1.82) is 0 Å². The van der Waals surface area contributed by atoms with Crippen LogP contribution < -0.4 is 9.62 Å². The van der Waals surface area contributed by atoms with E-state index < -0.39 is 10.0 Å². The van der Waals surface area contributed by atoms with E-state index in [4.69, 9.17) is 0 Å². The van der Waals surface area contributed by atoms with Crippen molar-refractivity contribution in [3.63, 3.8) is 0 Å². The van der Waals surface area contributed by atoms with Crippen LogP contribution in [0.2, 0.25) is 0 Å². The van der Waals surface area contributed by atoms with E-state index in [2.05, 4.69) is 30.4 Å². The molecule has 0 atom stereocenters. The lowest BCUT2D eigenvalue weighted by molar-refractivity contribution is 0.438. The highest BCUT2D eigenvalue weighted by molar-refractivity contribution is 7.92. The van der Waals surface area contributed by atoms with Crippen molar-refractivity contribution in [2.45, 2.75) is 44.4 Å². The van der Waals surface area contributed by atoms with Crippen LogP contribution in [0.5, 0.6) is 0 Å². The minimum absolute atomic E-state index is 0.288. The first-order valence-corrected chi connectivity index (χ1v) is 10.8. The van der Waals surface area contributed by atoms with E-state index in [1.807, 2.05) is 36.4 Å². The average Bonchev–Trinajstić information content (AvgIpc) is 2.63. The zero-order valence-electron chi connectivity index (χ0n) is 15.8. The molecule has 0 aromatic heterocycles. The van der Waals surface area contributed by atoms with Gasteiger partial charge in [0.2, 0.25) is 0 Å². The SMILES string of the molecule is CC1CCN(c2ccc(NS(=O)(=O)c3ccc(C(C)C)cc3)cc2)CC1. The molecule has 1 aliphatic rings. The molecule has 0 unspecified atom stereocenters. The van der Waals surface area contributed by atoms with Crippen LogP contribution in [0.1, 0.15) is 45.1 Å². The zero-order chi connectivity index (χ0) is 18.7. The van der Waals surface area contributed by atoms with Gasteiger partial charge in [-0.25, -0.2) is 8.42 Å². The highest BCUT2D eigenvalue weighted by Gasteiger charge is 2.17. The third kappa shape index (κ3) is 4.39. The first kappa shape index (κ1) is 18.8. The van der Waals surface area contributed by atoms with Crippen LogP contribution in [0.3, 0.4) is 0 Å². The third-order valence-corrected chi connectivity index (χ3v) is 6.52. The Hall–Kier alpha value is -2.01. The van der Waals surface area contributed by atoms with Crippen molar-refractivity contribution < 1.29 is 8.42 Å². The average molecular weight is 373 g/mol. The molecule has 26 heavy (non-hydrogen) atoms. The third-order valence-electron chi connectivity index (χ3n) is 5.13. The number of piperidine rings is 1. The lowest BCUT2D eigenvalue weighted by Crippen LogP contribution is -2.32. The summed E-state index contributed by atoms with van der Waals surface area (Å²) >= 11 is 0. The number of hydrogen-bond acceptors (Lipinski definition) is 3. The summed E-state index contributed by atoms with van der Waals surface area (Å²) in [5, 5.41) is 0. The summed E-state index contributed by atoms with van der Waals surface area (Å²) in [5.41, 5.74) is 2.87. The molecule has 4 nitrogen and oxygen atoms in total. The predicted octanol–water partition coefficient (Wildman–Crippen LogP) is 4.85. The Morgan fingerprint density at radius 3 is 2.08 bits per heavy atom. The van der Waals surface area contributed by atoms with E-state index in [1.54, 1.807) is 12.1 Å². The van der Waals surface area contributed by atoms with Crippen LogP contribution >= 0.6 is 0 Å². The summed E-state index contributed by atoms with van der Waals surface area (Å²) in [6.45, 7) is 8.60. The van der Waals surface area contributed by atoms with Crippen LogP contribution in [0.4, 0.5) is 11.4 Å². The van der Waals surface area contributed by atoms with Crippen molar-refractivity contribution in [3.05, 3.63) is 54.1 Å². The molecular weight excluding hydrogens is 344 g/mol. The lowest BCUT2D eigenvalue weighted by Gasteiger charge is -2.32. The van der Waals surface area contributed by atoms with Crippen LogP contribution in [-0.4, -0.2) is 21.5 Å². The molecule has 1 fully saturated rings. The Bertz CT molecular complexity index is 819. The maximum Gasteiger partial charge on any atom is 0.261 e. The highest BCUT2D eigenvalue weighted by Crippen LogP contribution is 2.25. The largest absolute Gasteiger partial charge is 0.372 e. The molecule has 1 N–H and O–H groups in total. The van der Waals surface area contributed by atoms with Crippen molar-refractivity contribution in [1.82, 2.24) is 0 Å². The minimum atomic E-state index is -3.56. The summed E-state index contributed by atoms with van der Waals surface area (Å²) in [5.74, 6) is 1.17. The van der Waals surface area contributed by atoms with Gasteiger partial charge in [-0.2, -0.15) is 0 Å². The Morgan fingerprint density at radius 2 is 1.54 bits per heavy atom. The molecule has 3 rings (SSSR count). The molecule has 1 saturated heterocycles. The summed E-state index contributed by atoms with van der Waals surface area (Å²) in [6, 6.07) is 14.8. The molecule has 0 bridgehead atoms. The maximum absolute atomic E-state index is 12.6. The van der Waals surface area contributed by atoms with Gasteiger partial charge in [-0.3, -0.25) is 4.72 Å². The smallest absolute Gasteiger partial charge is 0.261 e. The number of rotatable bonds is 5. The van der Waals surface area contributed by atoms with Gasteiger partial charge in [-0.1, -0.05) is 32.9 Å². The Morgan fingerprint density at radius 1 is 0.962 bits per heavy atom. The molecule has 5 heteroatoms. The van der Waals surface area contributed by atoms with Crippen molar-refractivity contribution in [3.8, 4) is 0 Å². The van der Waals surface area contributed by atoms with E-state index in [0.29, 0.717) is 11.6 Å². The van der Waals surface area contributed by atoms with Crippen LogP contribution in [0.15, 0.2) is 53.4 Å². The van der Waals surface area contributed by atoms with Gasteiger partial charge in [0.05, 0.1) is 4.90 Å². The van der Waals surface area contributed by atoms with Gasteiger partial charge in [0, 0.05) is 24.5 Å². The van der Waals surface area contributed by atoms with E-state index in [9.17, 15) is 8.42 Å². The van der Waals surface area contributed by atoms with Gasteiger partial charge in [-0.15, -0.1) is 0 Å². The molecule has 0 spiro atoms. The van der Waals surface area contributed by atoms with Crippen LogP contribution in [-0.2, 0) is 10.0 Å². The molecule has 0 radical (unpaired) electrons. The number of nitrogens with zero attached hydrogens (tertiary/aromatic N) is 1. The summed E-state index contributed by atoms with van der Waals surface area (Å²) < 4.78 is 27.8. The van der Waals surface area contributed by atoms with Gasteiger partial charge in [-0.05, 0) is 66.6 Å². The second-order valence-corrected chi connectivity index (χ2v) is 9.23. The second-order valence-electron chi connectivity index (χ2n) is 7.55. The number of anilines is 2. The van der Waals surface area contributed by atoms with Crippen molar-refractivity contribution >= 4 is 21.4 Å². The number of hydrogen-bond donors (Lipinski definition) is 1. The van der Waals surface area contributed by atoms with Gasteiger partial charge < -0.3 is 4.90 Å². The lowest BCUT2D eigenvalue weighted by atomic mass is 9.99.